The number of rotatable bonds is 6. The van der Waals surface area contributed by atoms with Gasteiger partial charge >= 0.3 is 5.97 Å². The zero-order valence-electron chi connectivity index (χ0n) is 12.7. The van der Waals surface area contributed by atoms with Crippen molar-refractivity contribution in [3.05, 3.63) is 63.6 Å². The lowest BCUT2D eigenvalue weighted by Gasteiger charge is -2.04. The number of halogens is 1. The third-order valence-corrected chi connectivity index (χ3v) is 4.98. The fraction of sp³-hybridized carbons (Fsp3) is 0.167. The van der Waals surface area contributed by atoms with Crippen molar-refractivity contribution in [3.63, 3.8) is 0 Å². The van der Waals surface area contributed by atoms with Crippen molar-refractivity contribution >= 4 is 49.2 Å². The Morgan fingerprint density at radius 1 is 1.12 bits per heavy atom. The Bertz CT molecular complexity index is 858. The highest BCUT2D eigenvalue weighted by Gasteiger charge is 2.12. The average molecular weight is 404 g/mol. The lowest BCUT2D eigenvalue weighted by atomic mass is 10.1. The van der Waals surface area contributed by atoms with Crippen LogP contribution in [0.4, 0.5) is 0 Å². The smallest absolute Gasteiger partial charge is 0.306 e. The Morgan fingerprint density at radius 3 is 2.75 bits per heavy atom. The van der Waals surface area contributed by atoms with Crippen LogP contribution in [0.1, 0.15) is 21.8 Å². The molecule has 0 unspecified atom stereocenters. The van der Waals surface area contributed by atoms with Gasteiger partial charge in [0.05, 0.1) is 21.6 Å². The number of hydrogen-bond acceptors (Lipinski definition) is 5. The Labute approximate surface area is 151 Å². The van der Waals surface area contributed by atoms with Gasteiger partial charge in [0, 0.05) is 16.5 Å². The van der Waals surface area contributed by atoms with Gasteiger partial charge in [-0.25, -0.2) is 4.98 Å². The van der Waals surface area contributed by atoms with Gasteiger partial charge in [-0.15, -0.1) is 11.3 Å². The predicted molar refractivity (Wildman–Crippen MR) is 97.4 cm³/mol. The number of para-hydroxylation sites is 1. The standard InChI is InChI=1S/C18H14BrNO3S/c19-13-5-3-4-12(10-13)15(21)11-23-18(22)9-8-17-20-14-6-1-2-7-16(14)24-17/h1-7,10H,8-9,11H2. The van der Waals surface area contributed by atoms with E-state index in [0.29, 0.717) is 12.0 Å². The number of fused-ring (bicyclic) bond motifs is 1. The largest absolute Gasteiger partial charge is 0.457 e. The van der Waals surface area contributed by atoms with Crippen LogP contribution in [0.25, 0.3) is 10.2 Å². The van der Waals surface area contributed by atoms with E-state index in [1.165, 1.54) is 0 Å². The minimum Gasteiger partial charge on any atom is -0.457 e. The number of Topliss-reactive ketones (excluding diaryl/α,β-unsaturated/α-hetero) is 1. The lowest BCUT2D eigenvalue weighted by molar-refractivity contribution is -0.142. The molecule has 1 heterocycles. The van der Waals surface area contributed by atoms with Crippen LogP contribution in [-0.2, 0) is 16.0 Å². The van der Waals surface area contributed by atoms with E-state index in [1.807, 2.05) is 30.3 Å². The minimum absolute atomic E-state index is 0.214. The molecule has 0 bridgehead atoms. The molecular weight excluding hydrogens is 390 g/mol. The third kappa shape index (κ3) is 4.27. The molecule has 122 valence electrons. The van der Waals surface area contributed by atoms with Crippen molar-refractivity contribution in [2.24, 2.45) is 0 Å². The predicted octanol–water partition coefficient (Wildman–Crippen LogP) is 4.42. The highest BCUT2D eigenvalue weighted by atomic mass is 79.9. The van der Waals surface area contributed by atoms with Crippen LogP contribution >= 0.6 is 27.3 Å². The van der Waals surface area contributed by atoms with Gasteiger partial charge in [-0.05, 0) is 24.3 Å². The molecule has 0 radical (unpaired) electrons. The number of aryl methyl sites for hydroxylation is 1. The van der Waals surface area contributed by atoms with Gasteiger partial charge in [0.15, 0.2) is 12.4 Å². The number of hydrogen-bond donors (Lipinski definition) is 0. The van der Waals surface area contributed by atoms with Crippen LogP contribution in [0.15, 0.2) is 53.0 Å². The van der Waals surface area contributed by atoms with Gasteiger partial charge in [-0.3, -0.25) is 9.59 Å². The molecule has 24 heavy (non-hydrogen) atoms. The molecule has 0 spiro atoms. The number of carbonyl (C=O) groups excluding carboxylic acids is 2. The SMILES string of the molecule is O=C(CCc1nc2ccccc2s1)OCC(=O)c1cccc(Br)c1. The molecule has 3 aromatic rings. The monoisotopic (exact) mass is 403 g/mol. The molecule has 0 N–H and O–H groups in total. The van der Waals surface area contributed by atoms with E-state index in [2.05, 4.69) is 20.9 Å². The van der Waals surface area contributed by atoms with E-state index in [0.717, 1.165) is 19.7 Å². The first-order valence-electron chi connectivity index (χ1n) is 7.40. The van der Waals surface area contributed by atoms with E-state index in [-0.39, 0.29) is 18.8 Å². The van der Waals surface area contributed by atoms with Crippen LogP contribution < -0.4 is 0 Å². The maximum Gasteiger partial charge on any atom is 0.306 e. The van der Waals surface area contributed by atoms with Crippen LogP contribution in [0.5, 0.6) is 0 Å². The van der Waals surface area contributed by atoms with Crippen molar-refractivity contribution in [1.82, 2.24) is 4.98 Å². The number of benzene rings is 2. The van der Waals surface area contributed by atoms with Crippen molar-refractivity contribution in [2.45, 2.75) is 12.8 Å². The molecule has 2 aromatic carbocycles. The molecule has 3 rings (SSSR count). The Kier molecular flexibility index (Phi) is 5.37. The van der Waals surface area contributed by atoms with Crippen molar-refractivity contribution < 1.29 is 14.3 Å². The summed E-state index contributed by atoms with van der Waals surface area (Å²) in [6.45, 7) is -0.241. The van der Waals surface area contributed by atoms with Gasteiger partial charge in [0.2, 0.25) is 0 Å². The molecular formula is C18H14BrNO3S. The maximum absolute atomic E-state index is 12.0. The fourth-order valence-corrected chi connectivity index (χ4v) is 3.57. The molecule has 6 heteroatoms. The van der Waals surface area contributed by atoms with Crippen LogP contribution in [0.2, 0.25) is 0 Å². The van der Waals surface area contributed by atoms with Crippen LogP contribution in [-0.4, -0.2) is 23.3 Å². The summed E-state index contributed by atoms with van der Waals surface area (Å²) in [7, 11) is 0. The molecule has 0 saturated carbocycles. The topological polar surface area (TPSA) is 56.3 Å². The number of ketones is 1. The van der Waals surface area contributed by atoms with E-state index in [9.17, 15) is 9.59 Å². The number of nitrogens with zero attached hydrogens (tertiary/aromatic N) is 1. The molecule has 0 aliphatic carbocycles. The zero-order valence-corrected chi connectivity index (χ0v) is 15.1. The van der Waals surface area contributed by atoms with E-state index < -0.39 is 5.97 Å². The maximum atomic E-state index is 12.0. The summed E-state index contributed by atoms with van der Waals surface area (Å²) in [5.74, 6) is -0.609. The van der Waals surface area contributed by atoms with Crippen molar-refractivity contribution in [2.75, 3.05) is 6.61 Å². The van der Waals surface area contributed by atoms with Gasteiger partial charge in [-0.2, -0.15) is 0 Å². The number of thiazole rings is 1. The average Bonchev–Trinajstić information content (AvgIpc) is 3.00. The summed E-state index contributed by atoms with van der Waals surface area (Å²) in [5, 5.41) is 0.895. The summed E-state index contributed by atoms with van der Waals surface area (Å²) >= 11 is 4.88. The summed E-state index contributed by atoms with van der Waals surface area (Å²) in [6, 6.07) is 14.9. The third-order valence-electron chi connectivity index (χ3n) is 3.39. The van der Waals surface area contributed by atoms with Gasteiger partial charge in [0.25, 0.3) is 0 Å². The van der Waals surface area contributed by atoms with Gasteiger partial charge in [0.1, 0.15) is 0 Å². The minimum atomic E-state index is -0.391. The second-order valence-corrected chi connectivity index (χ2v) is 7.20. The number of esters is 1. The summed E-state index contributed by atoms with van der Waals surface area (Å²) in [6.07, 6.45) is 0.731. The zero-order chi connectivity index (χ0) is 16.9. The first-order valence-corrected chi connectivity index (χ1v) is 9.01. The Hall–Kier alpha value is -2.05. The molecule has 0 amide bonds. The molecule has 0 aliphatic heterocycles. The molecule has 0 fully saturated rings. The fourth-order valence-electron chi connectivity index (χ4n) is 2.20. The van der Waals surface area contributed by atoms with E-state index in [4.69, 9.17) is 4.74 Å². The summed E-state index contributed by atoms with van der Waals surface area (Å²) in [5.41, 5.74) is 1.46. The Morgan fingerprint density at radius 2 is 1.96 bits per heavy atom. The van der Waals surface area contributed by atoms with Crippen LogP contribution in [0, 0.1) is 0 Å². The van der Waals surface area contributed by atoms with E-state index in [1.54, 1.807) is 29.5 Å². The summed E-state index contributed by atoms with van der Waals surface area (Å²) < 4.78 is 6.98. The lowest BCUT2D eigenvalue weighted by Crippen LogP contribution is -2.14. The molecule has 0 atom stereocenters. The van der Waals surface area contributed by atoms with Gasteiger partial charge in [-0.1, -0.05) is 40.2 Å². The molecule has 0 saturated heterocycles. The normalized spacial score (nSPS) is 10.7. The highest BCUT2D eigenvalue weighted by Crippen LogP contribution is 2.22. The van der Waals surface area contributed by atoms with Crippen LogP contribution in [0.3, 0.4) is 0 Å². The Balaban J connectivity index is 1.49. The first kappa shape index (κ1) is 16.8. The van der Waals surface area contributed by atoms with Gasteiger partial charge < -0.3 is 4.74 Å². The molecule has 0 aliphatic rings. The second kappa shape index (κ2) is 7.68. The number of ether oxygens (including phenoxy) is 1. The van der Waals surface area contributed by atoms with Crippen molar-refractivity contribution in [1.29, 1.82) is 0 Å². The van der Waals surface area contributed by atoms with Crippen molar-refractivity contribution in [3.8, 4) is 0 Å². The van der Waals surface area contributed by atoms with E-state index >= 15 is 0 Å². The number of aromatic nitrogens is 1. The first-order chi connectivity index (χ1) is 11.6. The quantitative estimate of drug-likeness (QED) is 0.451. The number of carbonyl (C=O) groups is 2. The molecule has 1 aromatic heterocycles. The highest BCUT2D eigenvalue weighted by molar-refractivity contribution is 9.10. The molecule has 4 nitrogen and oxygen atoms in total. The second-order valence-electron chi connectivity index (χ2n) is 5.17. The summed E-state index contributed by atoms with van der Waals surface area (Å²) in [4.78, 5) is 28.3.